The number of furan rings is 1. The van der Waals surface area contributed by atoms with Crippen molar-refractivity contribution in [3.05, 3.63) is 42.4 Å². The molecule has 0 spiro atoms. The largest absolute Gasteiger partial charge is 0.490 e. The van der Waals surface area contributed by atoms with Crippen LogP contribution < -0.4 is 10.2 Å². The minimum atomic E-state index is -5.08. The van der Waals surface area contributed by atoms with E-state index in [9.17, 15) is 22.4 Å². The molecule has 32 heavy (non-hydrogen) atoms. The third-order valence-corrected chi connectivity index (χ3v) is 4.99. The Balaban J connectivity index is 0.000000360. The Bertz CT molecular complexity index is 907. The SMILES string of the molecule is O=C(NCc1ccco1)[C@H]1C[C@@H]2CCN(c3ncc(F)cn3)C[C@@H]2O1.O=C(O)C(F)(F)F. The molecule has 0 saturated carbocycles. The summed E-state index contributed by atoms with van der Waals surface area (Å²) < 4.78 is 55.9. The normalized spacial score (nSPS) is 22.5. The number of amides is 1. The van der Waals surface area contributed by atoms with Gasteiger partial charge in [0.2, 0.25) is 11.9 Å². The van der Waals surface area contributed by atoms with Crippen molar-refractivity contribution in [3.8, 4) is 0 Å². The van der Waals surface area contributed by atoms with Gasteiger partial charge in [-0.1, -0.05) is 0 Å². The van der Waals surface area contributed by atoms with E-state index in [2.05, 4.69) is 15.3 Å². The highest BCUT2D eigenvalue weighted by Gasteiger charge is 2.42. The number of nitrogens with zero attached hydrogens (tertiary/aromatic N) is 3. The quantitative estimate of drug-likeness (QED) is 0.667. The average molecular weight is 460 g/mol. The number of carbonyl (C=O) groups excluding carboxylic acids is 1. The molecule has 2 aromatic rings. The van der Waals surface area contributed by atoms with Gasteiger partial charge in [-0.3, -0.25) is 4.79 Å². The maximum Gasteiger partial charge on any atom is 0.490 e. The van der Waals surface area contributed by atoms with Crippen molar-refractivity contribution in [2.24, 2.45) is 5.92 Å². The summed E-state index contributed by atoms with van der Waals surface area (Å²) in [5.74, 6) is -1.78. The first-order chi connectivity index (χ1) is 15.1. The number of aliphatic carboxylic acids is 1. The number of aromatic nitrogens is 2. The molecule has 13 heteroatoms. The van der Waals surface area contributed by atoms with E-state index in [1.807, 2.05) is 11.0 Å². The summed E-state index contributed by atoms with van der Waals surface area (Å²) in [6, 6.07) is 3.60. The molecule has 3 atom stereocenters. The van der Waals surface area contributed by atoms with Crippen LogP contribution in [-0.4, -0.2) is 58.4 Å². The van der Waals surface area contributed by atoms with Gasteiger partial charge in [0.05, 0.1) is 31.3 Å². The zero-order valence-electron chi connectivity index (χ0n) is 16.6. The lowest BCUT2D eigenvalue weighted by molar-refractivity contribution is -0.192. The predicted octanol–water partition coefficient (Wildman–Crippen LogP) is 2.14. The highest BCUT2D eigenvalue weighted by Crippen LogP contribution is 2.34. The Kier molecular flexibility index (Phi) is 7.28. The van der Waals surface area contributed by atoms with Crippen LogP contribution in [0.5, 0.6) is 0 Å². The van der Waals surface area contributed by atoms with E-state index < -0.39 is 24.1 Å². The van der Waals surface area contributed by atoms with Crippen LogP contribution in [0.4, 0.5) is 23.5 Å². The number of fused-ring (bicyclic) bond motifs is 1. The topological polar surface area (TPSA) is 118 Å². The number of anilines is 1. The van der Waals surface area contributed by atoms with Gasteiger partial charge in [0.25, 0.3) is 0 Å². The van der Waals surface area contributed by atoms with E-state index in [-0.39, 0.29) is 12.0 Å². The second-order valence-electron chi connectivity index (χ2n) is 7.20. The summed E-state index contributed by atoms with van der Waals surface area (Å²) in [7, 11) is 0. The molecule has 4 rings (SSSR count). The van der Waals surface area contributed by atoms with Gasteiger partial charge in [0, 0.05) is 13.1 Å². The Morgan fingerprint density at radius 2 is 1.97 bits per heavy atom. The summed E-state index contributed by atoms with van der Waals surface area (Å²) in [5.41, 5.74) is 0. The molecule has 1 amide bonds. The number of alkyl halides is 3. The van der Waals surface area contributed by atoms with Gasteiger partial charge in [-0.15, -0.1) is 0 Å². The molecule has 0 bridgehead atoms. The molecular formula is C19H20F4N4O5. The van der Waals surface area contributed by atoms with Gasteiger partial charge >= 0.3 is 12.1 Å². The number of hydrogen-bond acceptors (Lipinski definition) is 7. The van der Waals surface area contributed by atoms with Crippen molar-refractivity contribution in [1.29, 1.82) is 0 Å². The van der Waals surface area contributed by atoms with Crippen molar-refractivity contribution in [3.63, 3.8) is 0 Å². The minimum absolute atomic E-state index is 0.0400. The molecule has 0 unspecified atom stereocenters. The third kappa shape index (κ3) is 6.15. The molecule has 2 fully saturated rings. The maximum atomic E-state index is 13.0. The highest BCUT2D eigenvalue weighted by molar-refractivity contribution is 5.81. The number of carboxylic acid groups (broad SMARTS) is 1. The van der Waals surface area contributed by atoms with Crippen LogP contribution in [0.15, 0.2) is 35.2 Å². The molecule has 0 aliphatic carbocycles. The monoisotopic (exact) mass is 460 g/mol. The van der Waals surface area contributed by atoms with E-state index in [1.54, 1.807) is 12.3 Å². The predicted molar refractivity (Wildman–Crippen MR) is 99.8 cm³/mol. The first-order valence-corrected chi connectivity index (χ1v) is 9.61. The van der Waals surface area contributed by atoms with Crippen LogP contribution in [-0.2, 0) is 20.9 Å². The van der Waals surface area contributed by atoms with Crippen molar-refractivity contribution in [2.45, 2.75) is 37.8 Å². The highest BCUT2D eigenvalue weighted by atomic mass is 19.4. The number of carbonyl (C=O) groups is 2. The van der Waals surface area contributed by atoms with Crippen LogP contribution in [0.1, 0.15) is 18.6 Å². The van der Waals surface area contributed by atoms with E-state index in [4.69, 9.17) is 19.1 Å². The van der Waals surface area contributed by atoms with Crippen LogP contribution in [0.2, 0.25) is 0 Å². The molecule has 174 valence electrons. The van der Waals surface area contributed by atoms with Crippen LogP contribution in [0, 0.1) is 11.7 Å². The summed E-state index contributed by atoms with van der Waals surface area (Å²) >= 11 is 0. The number of halogens is 4. The number of carboxylic acids is 1. The molecular weight excluding hydrogens is 440 g/mol. The van der Waals surface area contributed by atoms with Crippen molar-refractivity contribution in [2.75, 3.05) is 18.0 Å². The summed E-state index contributed by atoms with van der Waals surface area (Å²) in [4.78, 5) is 31.2. The Morgan fingerprint density at radius 3 is 2.56 bits per heavy atom. The van der Waals surface area contributed by atoms with Gasteiger partial charge in [0.1, 0.15) is 11.9 Å². The number of ether oxygens (including phenoxy) is 1. The number of nitrogens with one attached hydrogen (secondary N) is 1. The fourth-order valence-electron chi connectivity index (χ4n) is 3.45. The molecule has 9 nitrogen and oxygen atoms in total. The van der Waals surface area contributed by atoms with Gasteiger partial charge in [0.15, 0.2) is 5.82 Å². The first kappa shape index (κ1) is 23.4. The second kappa shape index (κ2) is 9.94. The minimum Gasteiger partial charge on any atom is -0.475 e. The molecule has 0 aromatic carbocycles. The Labute approximate surface area is 179 Å². The molecule has 2 aliphatic heterocycles. The van der Waals surface area contributed by atoms with Gasteiger partial charge < -0.3 is 24.5 Å². The van der Waals surface area contributed by atoms with E-state index >= 15 is 0 Å². The van der Waals surface area contributed by atoms with E-state index in [1.165, 1.54) is 0 Å². The zero-order valence-corrected chi connectivity index (χ0v) is 16.6. The summed E-state index contributed by atoms with van der Waals surface area (Å²) in [6.07, 6.45) is -0.0568. The Morgan fingerprint density at radius 1 is 1.28 bits per heavy atom. The van der Waals surface area contributed by atoms with E-state index in [0.717, 1.165) is 25.4 Å². The summed E-state index contributed by atoms with van der Waals surface area (Å²) in [6.45, 7) is 1.74. The van der Waals surface area contributed by atoms with Gasteiger partial charge in [-0.25, -0.2) is 19.2 Å². The van der Waals surface area contributed by atoms with Crippen LogP contribution in [0.25, 0.3) is 0 Å². The number of rotatable bonds is 4. The molecule has 2 saturated heterocycles. The molecule has 0 radical (unpaired) electrons. The lowest BCUT2D eigenvalue weighted by Crippen LogP contribution is -2.43. The van der Waals surface area contributed by atoms with Gasteiger partial charge in [-0.05, 0) is 30.9 Å². The van der Waals surface area contributed by atoms with Crippen molar-refractivity contribution < 1.29 is 41.4 Å². The lowest BCUT2D eigenvalue weighted by atomic mass is 9.92. The van der Waals surface area contributed by atoms with Gasteiger partial charge in [-0.2, -0.15) is 13.2 Å². The summed E-state index contributed by atoms with van der Waals surface area (Å²) in [5, 5.41) is 9.97. The number of piperidine rings is 1. The fourth-order valence-corrected chi connectivity index (χ4v) is 3.45. The van der Waals surface area contributed by atoms with E-state index in [0.29, 0.717) is 37.1 Å². The molecule has 4 heterocycles. The van der Waals surface area contributed by atoms with Crippen molar-refractivity contribution >= 4 is 17.8 Å². The first-order valence-electron chi connectivity index (χ1n) is 9.61. The maximum absolute atomic E-state index is 13.0. The zero-order chi connectivity index (χ0) is 23.3. The van der Waals surface area contributed by atoms with Crippen molar-refractivity contribution in [1.82, 2.24) is 15.3 Å². The molecule has 2 aromatic heterocycles. The molecule has 2 aliphatic rings. The Hall–Kier alpha value is -3.22. The fraction of sp³-hybridized carbons (Fsp3) is 0.474. The number of hydrogen-bond donors (Lipinski definition) is 2. The third-order valence-electron chi connectivity index (χ3n) is 4.99. The molecule has 2 N–H and O–H groups in total. The van der Waals surface area contributed by atoms with Crippen LogP contribution >= 0.6 is 0 Å². The standard InChI is InChI=1S/C17H19FN4O3.C2HF3O2/c18-12-7-20-17(21-8-12)22-4-3-11-6-14(25-15(11)10-22)16(23)19-9-13-2-1-5-24-13;3-2(4,5)1(6)7/h1-2,5,7-8,11,14-15H,3-4,6,9-10H2,(H,19,23);(H,6,7)/t11-,14+,15-;/m0./s1. The smallest absolute Gasteiger partial charge is 0.475 e. The average Bonchev–Trinajstić information content (AvgIpc) is 3.41. The second-order valence-corrected chi connectivity index (χ2v) is 7.20. The van der Waals surface area contributed by atoms with Crippen LogP contribution in [0.3, 0.4) is 0 Å². The lowest BCUT2D eigenvalue weighted by Gasteiger charge is -2.33.